The summed E-state index contributed by atoms with van der Waals surface area (Å²) >= 11 is 0. The molecule has 5 heteroatoms. The summed E-state index contributed by atoms with van der Waals surface area (Å²) in [7, 11) is 1.92. The number of carboxylic acid groups (broad SMARTS) is 1. The Bertz CT molecular complexity index is 602. The Morgan fingerprint density at radius 2 is 1.85 bits per heavy atom. The van der Waals surface area contributed by atoms with Gasteiger partial charge in [0.1, 0.15) is 5.82 Å². The highest BCUT2D eigenvalue weighted by Crippen LogP contribution is 2.13. The lowest BCUT2D eigenvalue weighted by atomic mass is 10.1. The predicted molar refractivity (Wildman–Crippen MR) is 72.8 cm³/mol. The van der Waals surface area contributed by atoms with E-state index in [1.165, 1.54) is 12.1 Å². The number of aromatic nitrogens is 1. The molecule has 2 rings (SSSR count). The van der Waals surface area contributed by atoms with Crippen LogP contribution in [0.15, 0.2) is 42.7 Å². The van der Waals surface area contributed by atoms with Gasteiger partial charge in [0.05, 0.1) is 5.56 Å². The lowest BCUT2D eigenvalue weighted by Crippen LogP contribution is -2.17. The van der Waals surface area contributed by atoms with Crippen molar-refractivity contribution >= 4 is 5.97 Å². The molecule has 0 aliphatic heterocycles. The zero-order valence-corrected chi connectivity index (χ0v) is 11.1. The third-order valence-electron chi connectivity index (χ3n) is 2.92. The SMILES string of the molecule is CN(Cc1ccncc1)Cc1ccc(C(=O)O)c(F)c1. The molecule has 1 heterocycles. The van der Waals surface area contributed by atoms with E-state index in [-0.39, 0.29) is 5.56 Å². The normalized spacial score (nSPS) is 10.8. The summed E-state index contributed by atoms with van der Waals surface area (Å²) < 4.78 is 13.6. The fraction of sp³-hybridized carbons (Fsp3) is 0.200. The first-order chi connectivity index (χ1) is 9.56. The van der Waals surface area contributed by atoms with E-state index < -0.39 is 11.8 Å². The Hall–Kier alpha value is -2.27. The number of aromatic carboxylic acids is 1. The van der Waals surface area contributed by atoms with Gasteiger partial charge in [0.2, 0.25) is 0 Å². The first kappa shape index (κ1) is 14.1. The number of carboxylic acids is 1. The molecule has 4 nitrogen and oxygen atoms in total. The van der Waals surface area contributed by atoms with Crippen LogP contribution in [0.2, 0.25) is 0 Å². The van der Waals surface area contributed by atoms with Crippen LogP contribution in [0, 0.1) is 5.82 Å². The minimum atomic E-state index is -1.25. The number of carbonyl (C=O) groups is 1. The van der Waals surface area contributed by atoms with Crippen LogP contribution in [0.4, 0.5) is 4.39 Å². The zero-order valence-electron chi connectivity index (χ0n) is 11.1. The Kier molecular flexibility index (Phi) is 4.42. The Morgan fingerprint density at radius 1 is 1.20 bits per heavy atom. The van der Waals surface area contributed by atoms with Gasteiger partial charge >= 0.3 is 5.97 Å². The standard InChI is InChI=1S/C15H15FN2O2/c1-18(9-11-4-6-17-7-5-11)10-12-2-3-13(15(19)20)14(16)8-12/h2-8H,9-10H2,1H3,(H,19,20). The Balaban J connectivity index is 2.03. The highest BCUT2D eigenvalue weighted by atomic mass is 19.1. The maximum absolute atomic E-state index is 13.6. The van der Waals surface area contributed by atoms with Crippen LogP contribution >= 0.6 is 0 Å². The number of hydrogen-bond donors (Lipinski definition) is 1. The second-order valence-corrected chi connectivity index (χ2v) is 4.65. The van der Waals surface area contributed by atoms with Crippen molar-refractivity contribution in [1.29, 1.82) is 0 Å². The van der Waals surface area contributed by atoms with E-state index in [2.05, 4.69) is 4.98 Å². The van der Waals surface area contributed by atoms with Gasteiger partial charge < -0.3 is 5.11 Å². The highest BCUT2D eigenvalue weighted by Gasteiger charge is 2.11. The summed E-state index contributed by atoms with van der Waals surface area (Å²) in [6.07, 6.45) is 3.45. The van der Waals surface area contributed by atoms with Crippen LogP contribution in [0.5, 0.6) is 0 Å². The summed E-state index contributed by atoms with van der Waals surface area (Å²) in [6, 6.07) is 8.05. The monoisotopic (exact) mass is 274 g/mol. The number of nitrogens with zero attached hydrogens (tertiary/aromatic N) is 2. The van der Waals surface area contributed by atoms with Gasteiger partial charge in [0.25, 0.3) is 0 Å². The molecule has 0 saturated heterocycles. The average Bonchev–Trinajstić information content (AvgIpc) is 2.39. The van der Waals surface area contributed by atoms with Crippen molar-refractivity contribution in [3.8, 4) is 0 Å². The van der Waals surface area contributed by atoms with Crippen LogP contribution in [0.25, 0.3) is 0 Å². The minimum Gasteiger partial charge on any atom is -0.478 e. The molecule has 0 fully saturated rings. The van der Waals surface area contributed by atoms with Gasteiger partial charge in [-0.15, -0.1) is 0 Å². The average molecular weight is 274 g/mol. The smallest absolute Gasteiger partial charge is 0.338 e. The molecule has 0 atom stereocenters. The van der Waals surface area contributed by atoms with Gasteiger partial charge in [-0.3, -0.25) is 9.88 Å². The van der Waals surface area contributed by atoms with E-state index >= 15 is 0 Å². The van der Waals surface area contributed by atoms with E-state index in [4.69, 9.17) is 5.11 Å². The molecule has 0 saturated carbocycles. The molecule has 1 aromatic heterocycles. The van der Waals surface area contributed by atoms with Gasteiger partial charge in [-0.25, -0.2) is 9.18 Å². The Labute approximate surface area is 116 Å². The van der Waals surface area contributed by atoms with Gasteiger partial charge in [0.15, 0.2) is 0 Å². The summed E-state index contributed by atoms with van der Waals surface area (Å²) in [5.41, 5.74) is 1.56. The number of benzene rings is 1. The third-order valence-corrected chi connectivity index (χ3v) is 2.92. The van der Waals surface area contributed by atoms with Gasteiger partial charge in [-0.05, 0) is 42.4 Å². The van der Waals surface area contributed by atoms with Crippen molar-refractivity contribution in [2.24, 2.45) is 0 Å². The van der Waals surface area contributed by atoms with E-state index in [1.807, 2.05) is 24.1 Å². The maximum Gasteiger partial charge on any atom is 0.338 e. The van der Waals surface area contributed by atoms with Gasteiger partial charge in [-0.2, -0.15) is 0 Å². The van der Waals surface area contributed by atoms with Crippen LogP contribution in [0.1, 0.15) is 21.5 Å². The second-order valence-electron chi connectivity index (χ2n) is 4.65. The third kappa shape index (κ3) is 3.61. The molecule has 0 amide bonds. The van der Waals surface area contributed by atoms with Crippen LogP contribution in [-0.2, 0) is 13.1 Å². The number of pyridine rings is 1. The topological polar surface area (TPSA) is 53.4 Å². The molecule has 20 heavy (non-hydrogen) atoms. The molecular weight excluding hydrogens is 259 g/mol. The molecule has 104 valence electrons. The van der Waals surface area contributed by atoms with Crippen LogP contribution in [0.3, 0.4) is 0 Å². The van der Waals surface area contributed by atoms with Crippen LogP contribution < -0.4 is 0 Å². The molecule has 0 bridgehead atoms. The van der Waals surface area contributed by atoms with Crippen molar-refractivity contribution in [3.63, 3.8) is 0 Å². The zero-order chi connectivity index (χ0) is 14.5. The van der Waals surface area contributed by atoms with Crippen molar-refractivity contribution in [3.05, 3.63) is 65.2 Å². The highest BCUT2D eigenvalue weighted by molar-refractivity contribution is 5.87. The van der Waals surface area contributed by atoms with E-state index in [9.17, 15) is 9.18 Å². The quantitative estimate of drug-likeness (QED) is 0.910. The van der Waals surface area contributed by atoms with Crippen molar-refractivity contribution in [1.82, 2.24) is 9.88 Å². The summed E-state index contributed by atoms with van der Waals surface area (Å²) in [4.78, 5) is 16.7. The lowest BCUT2D eigenvalue weighted by molar-refractivity contribution is 0.0692. The maximum atomic E-state index is 13.6. The minimum absolute atomic E-state index is 0.300. The number of rotatable bonds is 5. The molecule has 0 radical (unpaired) electrons. The first-order valence-electron chi connectivity index (χ1n) is 6.15. The molecule has 0 unspecified atom stereocenters. The molecule has 0 aliphatic rings. The van der Waals surface area contributed by atoms with Crippen molar-refractivity contribution < 1.29 is 14.3 Å². The second kappa shape index (κ2) is 6.25. The summed E-state index contributed by atoms with van der Waals surface area (Å²) in [5, 5.41) is 8.78. The van der Waals surface area contributed by atoms with E-state index in [0.717, 1.165) is 11.1 Å². The fourth-order valence-electron chi connectivity index (χ4n) is 2.00. The molecule has 1 aromatic carbocycles. The predicted octanol–water partition coefficient (Wildman–Crippen LogP) is 2.55. The largest absolute Gasteiger partial charge is 0.478 e. The first-order valence-corrected chi connectivity index (χ1v) is 6.15. The van der Waals surface area contributed by atoms with E-state index in [1.54, 1.807) is 18.5 Å². The van der Waals surface area contributed by atoms with Gasteiger partial charge in [-0.1, -0.05) is 6.07 Å². The van der Waals surface area contributed by atoms with Gasteiger partial charge in [0, 0.05) is 25.5 Å². The molecule has 0 spiro atoms. The molecular formula is C15H15FN2O2. The number of halogens is 1. The lowest BCUT2D eigenvalue weighted by Gasteiger charge is -2.17. The Morgan fingerprint density at radius 3 is 2.45 bits per heavy atom. The fourth-order valence-corrected chi connectivity index (χ4v) is 2.00. The van der Waals surface area contributed by atoms with Crippen LogP contribution in [-0.4, -0.2) is 28.0 Å². The summed E-state index contributed by atoms with van der Waals surface area (Å²) in [6.45, 7) is 1.25. The van der Waals surface area contributed by atoms with E-state index in [0.29, 0.717) is 13.1 Å². The summed E-state index contributed by atoms with van der Waals surface area (Å²) in [5.74, 6) is -1.95. The molecule has 0 aliphatic carbocycles. The van der Waals surface area contributed by atoms with Crippen molar-refractivity contribution in [2.45, 2.75) is 13.1 Å². The molecule has 1 N–H and O–H groups in total. The molecule has 2 aromatic rings. The van der Waals surface area contributed by atoms with Crippen molar-refractivity contribution in [2.75, 3.05) is 7.05 Å². The number of hydrogen-bond acceptors (Lipinski definition) is 3.